The highest BCUT2D eigenvalue weighted by Crippen LogP contribution is 2.07. The molecule has 1 atom stereocenters. The lowest BCUT2D eigenvalue weighted by atomic mass is 10.2. The van der Waals surface area contributed by atoms with Crippen LogP contribution in [0.1, 0.15) is 0 Å². The highest BCUT2D eigenvalue weighted by Gasteiger charge is 2.08. The fraction of sp³-hybridized carbons (Fsp3) is 0.143. The zero-order chi connectivity index (χ0) is 6.85. The maximum Gasteiger partial charge on any atom is 0.112 e. The molecule has 0 radical (unpaired) electrons. The van der Waals surface area contributed by atoms with E-state index in [9.17, 15) is 0 Å². The van der Waals surface area contributed by atoms with Crippen LogP contribution in [-0.4, -0.2) is 11.2 Å². The Kier molecular flexibility index (Phi) is 1.40. The van der Waals surface area contributed by atoms with Crippen LogP contribution in [0.3, 0.4) is 0 Å². The van der Waals surface area contributed by atoms with E-state index in [4.69, 9.17) is 5.11 Å². The molecule has 2 heteroatoms. The van der Waals surface area contributed by atoms with Crippen molar-refractivity contribution in [1.29, 1.82) is 0 Å². The quantitative estimate of drug-likeness (QED) is 0.492. The summed E-state index contributed by atoms with van der Waals surface area (Å²) in [6.45, 7) is 7.20. The molecule has 48 valence electrons. The van der Waals surface area contributed by atoms with E-state index in [1.165, 1.54) is 0 Å². The van der Waals surface area contributed by atoms with Crippen molar-refractivity contribution in [3.63, 3.8) is 0 Å². The minimum absolute atomic E-state index is 0.560. The maximum absolute atomic E-state index is 9.01. The highest BCUT2D eigenvalue weighted by atomic mass is 16.3. The van der Waals surface area contributed by atoms with E-state index in [1.807, 2.05) is 0 Å². The summed E-state index contributed by atoms with van der Waals surface area (Å²) in [6, 6.07) is 0. The summed E-state index contributed by atoms with van der Waals surface area (Å²) in [7, 11) is 0. The molecule has 9 heavy (non-hydrogen) atoms. The van der Waals surface area contributed by atoms with Gasteiger partial charge >= 0.3 is 0 Å². The Morgan fingerprint density at radius 1 is 1.56 bits per heavy atom. The zero-order valence-electron chi connectivity index (χ0n) is 5.09. The third kappa shape index (κ3) is 1.21. The molecule has 1 aliphatic heterocycles. The number of aliphatic hydroxyl groups excluding tert-OH is 1. The van der Waals surface area contributed by atoms with Crippen LogP contribution >= 0.6 is 0 Å². The van der Waals surface area contributed by atoms with E-state index in [0.29, 0.717) is 5.70 Å². The van der Waals surface area contributed by atoms with Crippen LogP contribution in [0.25, 0.3) is 0 Å². The first kappa shape index (κ1) is 6.11. The van der Waals surface area contributed by atoms with Gasteiger partial charge in [0.05, 0.1) is 0 Å². The van der Waals surface area contributed by atoms with Crippen molar-refractivity contribution in [3.8, 4) is 0 Å². The SMILES string of the molecule is C=C1C=CC(O)C(=C)N1. The molecule has 1 aliphatic rings. The smallest absolute Gasteiger partial charge is 0.112 e. The minimum atomic E-state index is -0.560. The largest absolute Gasteiger partial charge is 0.383 e. The third-order valence-electron chi connectivity index (χ3n) is 1.16. The van der Waals surface area contributed by atoms with Gasteiger partial charge in [-0.2, -0.15) is 0 Å². The highest BCUT2D eigenvalue weighted by molar-refractivity contribution is 5.28. The van der Waals surface area contributed by atoms with Gasteiger partial charge in [-0.15, -0.1) is 0 Å². The monoisotopic (exact) mass is 123 g/mol. The summed E-state index contributed by atoms with van der Waals surface area (Å²) in [4.78, 5) is 0. The number of allylic oxidation sites excluding steroid dienone is 1. The van der Waals surface area contributed by atoms with Gasteiger partial charge in [0.2, 0.25) is 0 Å². The summed E-state index contributed by atoms with van der Waals surface area (Å²) in [5, 5.41) is 11.8. The van der Waals surface area contributed by atoms with Crippen molar-refractivity contribution in [2.75, 3.05) is 0 Å². The van der Waals surface area contributed by atoms with Gasteiger partial charge in [-0.3, -0.25) is 0 Å². The van der Waals surface area contributed by atoms with Crippen molar-refractivity contribution in [2.45, 2.75) is 6.10 Å². The molecule has 0 saturated carbocycles. The van der Waals surface area contributed by atoms with Crippen LogP contribution in [-0.2, 0) is 0 Å². The van der Waals surface area contributed by atoms with E-state index >= 15 is 0 Å². The molecule has 0 aromatic carbocycles. The lowest BCUT2D eigenvalue weighted by Crippen LogP contribution is -2.24. The summed E-state index contributed by atoms with van der Waals surface area (Å²) < 4.78 is 0. The van der Waals surface area contributed by atoms with Crippen LogP contribution in [0.4, 0.5) is 0 Å². The number of aliphatic hydroxyl groups is 1. The number of hydrogen-bond acceptors (Lipinski definition) is 2. The second-order valence-corrected chi connectivity index (χ2v) is 1.98. The van der Waals surface area contributed by atoms with Gasteiger partial charge in [0.1, 0.15) is 6.10 Å². The first-order valence-electron chi connectivity index (χ1n) is 2.71. The number of hydrogen-bond donors (Lipinski definition) is 2. The summed E-state index contributed by atoms with van der Waals surface area (Å²) in [6.07, 6.45) is 2.80. The van der Waals surface area contributed by atoms with Gasteiger partial charge in [-0.05, 0) is 12.2 Å². The molecule has 2 nitrogen and oxygen atoms in total. The molecule has 0 aromatic rings. The maximum atomic E-state index is 9.01. The van der Waals surface area contributed by atoms with Crippen LogP contribution in [0, 0.1) is 0 Å². The Morgan fingerprint density at radius 3 is 2.67 bits per heavy atom. The second kappa shape index (κ2) is 2.07. The standard InChI is InChI=1S/C7H9NO/c1-5-3-4-7(9)6(2)8-5/h3-4,7-9H,1-2H2. The van der Waals surface area contributed by atoms with Gasteiger partial charge in [-0.1, -0.05) is 13.2 Å². The molecule has 0 spiro atoms. The van der Waals surface area contributed by atoms with E-state index in [1.54, 1.807) is 12.2 Å². The Balaban J connectivity index is 2.76. The summed E-state index contributed by atoms with van der Waals surface area (Å²) in [5.41, 5.74) is 1.35. The Hall–Kier alpha value is -1.02. The Labute approximate surface area is 54.2 Å². The average molecular weight is 123 g/mol. The number of rotatable bonds is 0. The fourth-order valence-electron chi connectivity index (χ4n) is 0.645. The normalized spacial score (nSPS) is 26.1. The van der Waals surface area contributed by atoms with E-state index in [0.717, 1.165) is 5.70 Å². The molecular formula is C7H9NO. The van der Waals surface area contributed by atoms with Crippen LogP contribution < -0.4 is 5.32 Å². The molecule has 0 fully saturated rings. The Bertz CT molecular complexity index is 181. The van der Waals surface area contributed by atoms with Gasteiger partial charge in [0.15, 0.2) is 0 Å². The minimum Gasteiger partial charge on any atom is -0.383 e. The van der Waals surface area contributed by atoms with Crippen LogP contribution in [0.2, 0.25) is 0 Å². The summed E-state index contributed by atoms with van der Waals surface area (Å²) in [5.74, 6) is 0. The van der Waals surface area contributed by atoms with Crippen molar-refractivity contribution in [3.05, 3.63) is 36.7 Å². The fourth-order valence-corrected chi connectivity index (χ4v) is 0.645. The van der Waals surface area contributed by atoms with E-state index in [2.05, 4.69) is 18.5 Å². The predicted molar refractivity (Wildman–Crippen MR) is 36.6 cm³/mol. The summed E-state index contributed by atoms with van der Waals surface area (Å²) >= 11 is 0. The molecule has 1 unspecified atom stereocenters. The van der Waals surface area contributed by atoms with Gasteiger partial charge in [0.25, 0.3) is 0 Å². The second-order valence-electron chi connectivity index (χ2n) is 1.98. The van der Waals surface area contributed by atoms with Gasteiger partial charge in [0, 0.05) is 11.4 Å². The van der Waals surface area contributed by atoms with Crippen molar-refractivity contribution in [2.24, 2.45) is 0 Å². The van der Waals surface area contributed by atoms with Crippen molar-refractivity contribution < 1.29 is 5.11 Å². The van der Waals surface area contributed by atoms with E-state index < -0.39 is 6.10 Å². The van der Waals surface area contributed by atoms with Crippen LogP contribution in [0.15, 0.2) is 36.7 Å². The zero-order valence-corrected chi connectivity index (χ0v) is 5.09. The molecule has 0 amide bonds. The molecule has 0 saturated heterocycles. The van der Waals surface area contributed by atoms with Gasteiger partial charge < -0.3 is 10.4 Å². The van der Waals surface area contributed by atoms with Crippen molar-refractivity contribution >= 4 is 0 Å². The van der Waals surface area contributed by atoms with Crippen molar-refractivity contribution in [1.82, 2.24) is 5.32 Å². The van der Waals surface area contributed by atoms with E-state index in [-0.39, 0.29) is 0 Å². The Morgan fingerprint density at radius 2 is 2.22 bits per heavy atom. The predicted octanol–water partition coefficient (Wildman–Crippen LogP) is 0.534. The van der Waals surface area contributed by atoms with Crippen LogP contribution in [0.5, 0.6) is 0 Å². The molecule has 0 aliphatic carbocycles. The lowest BCUT2D eigenvalue weighted by Gasteiger charge is -2.17. The first-order valence-corrected chi connectivity index (χ1v) is 2.71. The van der Waals surface area contributed by atoms with Gasteiger partial charge in [-0.25, -0.2) is 0 Å². The molecular weight excluding hydrogens is 114 g/mol. The first-order chi connectivity index (χ1) is 4.20. The molecule has 1 heterocycles. The molecule has 2 N–H and O–H groups in total. The molecule has 1 rings (SSSR count). The molecule has 0 aromatic heterocycles. The lowest BCUT2D eigenvalue weighted by molar-refractivity contribution is 0.250. The molecule has 0 bridgehead atoms. The topological polar surface area (TPSA) is 32.3 Å². The average Bonchev–Trinajstić information content (AvgIpc) is 1.80. The third-order valence-corrected chi connectivity index (χ3v) is 1.16. The number of nitrogens with one attached hydrogen (secondary N) is 1.